The van der Waals surface area contributed by atoms with Crippen molar-refractivity contribution in [2.24, 2.45) is 0 Å². The second-order valence-corrected chi connectivity index (χ2v) is 8.72. The monoisotopic (exact) mass is 402 g/mol. The van der Waals surface area contributed by atoms with Crippen molar-refractivity contribution in [3.8, 4) is 11.3 Å². The number of anilines is 1. The number of hydrogen-bond donors (Lipinski definition) is 2. The van der Waals surface area contributed by atoms with E-state index in [1.807, 2.05) is 18.4 Å². The topological polar surface area (TPSA) is 96.4 Å². The Kier molecular flexibility index (Phi) is 5.57. The summed E-state index contributed by atoms with van der Waals surface area (Å²) in [5.74, 6) is -0.886. The Balaban J connectivity index is 1.77. The van der Waals surface area contributed by atoms with E-state index >= 15 is 0 Å². The van der Waals surface area contributed by atoms with E-state index in [4.69, 9.17) is 5.11 Å². The van der Waals surface area contributed by atoms with Gasteiger partial charge in [0.25, 0.3) is 10.0 Å². The lowest BCUT2D eigenvalue weighted by Gasteiger charge is -2.10. The van der Waals surface area contributed by atoms with Crippen molar-refractivity contribution in [3.05, 3.63) is 64.5 Å². The number of aryl methyl sites for hydroxylation is 2. The first kappa shape index (κ1) is 19.1. The fourth-order valence-corrected chi connectivity index (χ4v) is 4.21. The predicted molar refractivity (Wildman–Crippen MR) is 105 cm³/mol. The van der Waals surface area contributed by atoms with E-state index in [9.17, 15) is 13.2 Å². The molecule has 0 radical (unpaired) electrons. The summed E-state index contributed by atoms with van der Waals surface area (Å²) in [6.45, 7) is 1.92. The first-order chi connectivity index (χ1) is 12.8. The molecule has 0 fully saturated rings. The highest BCUT2D eigenvalue weighted by Crippen LogP contribution is 2.25. The molecule has 0 spiro atoms. The molecule has 2 aromatic carbocycles. The first-order valence-electron chi connectivity index (χ1n) is 8.19. The molecule has 0 aliphatic heterocycles. The zero-order chi connectivity index (χ0) is 19.4. The number of carbonyl (C=O) groups is 1. The minimum atomic E-state index is -3.74. The molecule has 27 heavy (non-hydrogen) atoms. The summed E-state index contributed by atoms with van der Waals surface area (Å²) >= 11 is 1.54. The van der Waals surface area contributed by atoms with Gasteiger partial charge in [-0.15, -0.1) is 11.3 Å². The molecule has 1 heterocycles. The number of nitrogens with one attached hydrogen (secondary N) is 1. The van der Waals surface area contributed by atoms with Crippen LogP contribution in [0.4, 0.5) is 5.69 Å². The van der Waals surface area contributed by atoms with Crippen LogP contribution < -0.4 is 4.72 Å². The lowest BCUT2D eigenvalue weighted by atomic mass is 10.1. The predicted octanol–water partition coefficient (Wildman–Crippen LogP) is 3.94. The Morgan fingerprint density at radius 2 is 1.93 bits per heavy atom. The van der Waals surface area contributed by atoms with Crippen molar-refractivity contribution < 1.29 is 18.3 Å². The van der Waals surface area contributed by atoms with Crippen molar-refractivity contribution in [1.29, 1.82) is 0 Å². The van der Waals surface area contributed by atoms with E-state index in [2.05, 4.69) is 9.71 Å². The van der Waals surface area contributed by atoms with Gasteiger partial charge in [-0.1, -0.05) is 24.3 Å². The normalized spacial score (nSPS) is 11.3. The molecule has 0 amide bonds. The van der Waals surface area contributed by atoms with Crippen LogP contribution in [-0.2, 0) is 21.2 Å². The molecule has 0 saturated carbocycles. The summed E-state index contributed by atoms with van der Waals surface area (Å²) in [6.07, 6.45) is 0.366. The van der Waals surface area contributed by atoms with Gasteiger partial charge >= 0.3 is 5.97 Å². The van der Waals surface area contributed by atoms with E-state index in [1.165, 1.54) is 23.5 Å². The SMILES string of the molecule is Cc1nc(-c2cccc(NS(=O)(=O)c3ccc(CCC(=O)O)cc3)c2)cs1. The summed E-state index contributed by atoms with van der Waals surface area (Å²) in [4.78, 5) is 15.2. The second kappa shape index (κ2) is 7.89. The quantitative estimate of drug-likeness (QED) is 0.624. The Morgan fingerprint density at radius 3 is 2.56 bits per heavy atom. The maximum atomic E-state index is 12.6. The van der Waals surface area contributed by atoms with Crippen LogP contribution in [0.3, 0.4) is 0 Å². The Hall–Kier alpha value is -2.71. The molecule has 0 atom stereocenters. The summed E-state index contributed by atoms with van der Waals surface area (Å²) < 4.78 is 27.8. The summed E-state index contributed by atoms with van der Waals surface area (Å²) in [5.41, 5.74) is 2.87. The number of aliphatic carboxylic acids is 1. The van der Waals surface area contributed by atoms with Crippen molar-refractivity contribution in [2.45, 2.75) is 24.7 Å². The van der Waals surface area contributed by atoms with Gasteiger partial charge in [-0.05, 0) is 43.2 Å². The number of hydrogen-bond acceptors (Lipinski definition) is 5. The van der Waals surface area contributed by atoms with Gasteiger partial charge in [-0.2, -0.15) is 0 Å². The van der Waals surface area contributed by atoms with Gasteiger partial charge in [-0.3, -0.25) is 9.52 Å². The van der Waals surface area contributed by atoms with Gasteiger partial charge < -0.3 is 5.11 Å². The molecule has 3 aromatic rings. The third kappa shape index (κ3) is 4.93. The van der Waals surface area contributed by atoms with Crippen molar-refractivity contribution >= 4 is 33.0 Å². The van der Waals surface area contributed by atoms with Gasteiger partial charge in [0.1, 0.15) is 0 Å². The maximum Gasteiger partial charge on any atom is 0.303 e. The first-order valence-corrected chi connectivity index (χ1v) is 10.6. The van der Waals surface area contributed by atoms with Gasteiger partial charge in [0.2, 0.25) is 0 Å². The summed E-state index contributed by atoms with van der Waals surface area (Å²) in [6, 6.07) is 13.3. The number of carboxylic acid groups (broad SMARTS) is 1. The number of carboxylic acids is 1. The average Bonchev–Trinajstić information content (AvgIpc) is 3.07. The van der Waals surface area contributed by atoms with E-state index in [0.717, 1.165) is 21.8 Å². The van der Waals surface area contributed by atoms with Gasteiger partial charge in [0.05, 0.1) is 15.6 Å². The van der Waals surface area contributed by atoms with E-state index in [0.29, 0.717) is 12.1 Å². The maximum absolute atomic E-state index is 12.6. The molecule has 0 bridgehead atoms. The third-order valence-corrected chi connectivity index (χ3v) is 6.06. The van der Waals surface area contributed by atoms with E-state index in [-0.39, 0.29) is 11.3 Å². The molecule has 0 saturated heterocycles. The molecule has 2 N–H and O–H groups in total. The largest absolute Gasteiger partial charge is 0.481 e. The van der Waals surface area contributed by atoms with Gasteiger partial charge in [-0.25, -0.2) is 13.4 Å². The Morgan fingerprint density at radius 1 is 1.19 bits per heavy atom. The molecule has 140 valence electrons. The fraction of sp³-hybridized carbons (Fsp3) is 0.158. The van der Waals surface area contributed by atoms with E-state index in [1.54, 1.807) is 30.3 Å². The van der Waals surface area contributed by atoms with Crippen molar-refractivity contribution in [1.82, 2.24) is 4.98 Å². The van der Waals surface area contributed by atoms with Crippen LogP contribution in [0, 0.1) is 6.92 Å². The zero-order valence-corrected chi connectivity index (χ0v) is 16.2. The molecule has 0 unspecified atom stereocenters. The van der Waals surface area contributed by atoms with Gasteiger partial charge in [0.15, 0.2) is 0 Å². The Labute approximate surface area is 161 Å². The number of nitrogens with zero attached hydrogens (tertiary/aromatic N) is 1. The number of aromatic nitrogens is 1. The minimum absolute atomic E-state index is 0.00717. The molecule has 0 aliphatic rings. The fourth-order valence-electron chi connectivity index (χ4n) is 2.54. The van der Waals surface area contributed by atoms with Crippen LogP contribution in [0.5, 0.6) is 0 Å². The second-order valence-electron chi connectivity index (χ2n) is 5.98. The molecular weight excluding hydrogens is 384 g/mol. The van der Waals surface area contributed by atoms with Crippen LogP contribution in [0.1, 0.15) is 17.0 Å². The zero-order valence-electron chi connectivity index (χ0n) is 14.5. The molecule has 0 aliphatic carbocycles. The summed E-state index contributed by atoms with van der Waals surface area (Å²) in [7, 11) is -3.74. The molecule has 6 nitrogen and oxygen atoms in total. The van der Waals surface area contributed by atoms with Crippen molar-refractivity contribution in [2.75, 3.05) is 4.72 Å². The smallest absolute Gasteiger partial charge is 0.303 e. The molecular formula is C19H18N2O4S2. The van der Waals surface area contributed by atoms with Crippen LogP contribution >= 0.6 is 11.3 Å². The Bertz CT molecular complexity index is 1060. The van der Waals surface area contributed by atoms with Crippen LogP contribution in [0.2, 0.25) is 0 Å². The van der Waals surface area contributed by atoms with Crippen LogP contribution in [0.15, 0.2) is 58.8 Å². The highest BCUT2D eigenvalue weighted by atomic mass is 32.2. The minimum Gasteiger partial charge on any atom is -0.481 e. The van der Waals surface area contributed by atoms with Crippen molar-refractivity contribution in [3.63, 3.8) is 0 Å². The average molecular weight is 402 g/mol. The third-order valence-electron chi connectivity index (χ3n) is 3.89. The van der Waals surface area contributed by atoms with Crippen LogP contribution in [0.25, 0.3) is 11.3 Å². The van der Waals surface area contributed by atoms with Gasteiger partial charge in [0, 0.05) is 23.1 Å². The standard InChI is InChI=1S/C19H18N2O4S2/c1-13-20-18(12-26-13)15-3-2-4-16(11-15)21-27(24,25)17-8-5-14(6-9-17)7-10-19(22)23/h2-6,8-9,11-12,21H,7,10H2,1H3,(H,22,23). The number of rotatable bonds is 7. The van der Waals surface area contributed by atoms with E-state index < -0.39 is 16.0 Å². The van der Waals surface area contributed by atoms with Crippen LogP contribution in [-0.4, -0.2) is 24.5 Å². The highest BCUT2D eigenvalue weighted by molar-refractivity contribution is 7.92. The lowest BCUT2D eigenvalue weighted by Crippen LogP contribution is -2.13. The molecule has 1 aromatic heterocycles. The highest BCUT2D eigenvalue weighted by Gasteiger charge is 2.15. The molecule has 3 rings (SSSR count). The summed E-state index contributed by atoms with van der Waals surface area (Å²) in [5, 5.41) is 11.6. The lowest BCUT2D eigenvalue weighted by molar-refractivity contribution is -0.136. The number of sulfonamides is 1. The number of thiazole rings is 1. The molecule has 8 heteroatoms. The number of benzene rings is 2.